The average Bonchev–Trinajstić information content (AvgIpc) is 2.76. The Bertz CT molecular complexity index is 862. The van der Waals surface area contributed by atoms with Gasteiger partial charge >= 0.3 is 0 Å². The maximum atomic E-state index is 12.4. The second-order valence-electron chi connectivity index (χ2n) is 8.20. The van der Waals surface area contributed by atoms with Crippen molar-refractivity contribution in [2.24, 2.45) is 0 Å². The molecule has 0 aliphatic carbocycles. The number of carbonyl (C=O) groups is 1. The molecule has 1 fully saturated rings. The molecule has 1 aliphatic rings. The Morgan fingerprint density at radius 2 is 2.03 bits per heavy atom. The molecule has 0 spiro atoms. The number of rotatable bonds is 9. The van der Waals surface area contributed by atoms with Gasteiger partial charge in [-0.1, -0.05) is 41.9 Å². The number of nitrogens with one attached hydrogen (secondary N) is 1. The third-order valence-corrected chi connectivity index (χ3v) is 6.66. The lowest BCUT2D eigenvalue weighted by molar-refractivity contribution is 0.0949. The van der Waals surface area contributed by atoms with Gasteiger partial charge in [-0.15, -0.1) is 0 Å². The Labute approximate surface area is 194 Å². The van der Waals surface area contributed by atoms with Crippen LogP contribution in [0.4, 0.5) is 5.82 Å². The topological polar surface area (TPSA) is 61.4 Å². The predicted molar refractivity (Wildman–Crippen MR) is 129 cm³/mol. The van der Waals surface area contributed by atoms with Crippen molar-refractivity contribution in [3.05, 3.63) is 46.6 Å². The number of nitrogens with zero attached hydrogens (tertiary/aromatic N) is 4. The largest absolute Gasteiger partial charge is 0.363 e. The Morgan fingerprint density at radius 3 is 2.74 bits per heavy atom. The number of thioether (sulfide) groups is 1. The molecule has 1 N–H and O–H groups in total. The van der Waals surface area contributed by atoms with Gasteiger partial charge in [0.25, 0.3) is 5.91 Å². The maximum absolute atomic E-state index is 12.4. The number of hydrogen-bond donors (Lipinski definition) is 1. The van der Waals surface area contributed by atoms with Gasteiger partial charge in [-0.25, -0.2) is 9.97 Å². The molecular weight excluding hydrogens is 430 g/mol. The van der Waals surface area contributed by atoms with Crippen LogP contribution < -0.4 is 10.2 Å². The van der Waals surface area contributed by atoms with Gasteiger partial charge < -0.3 is 15.1 Å². The second kappa shape index (κ2) is 11.7. The number of halogens is 1. The van der Waals surface area contributed by atoms with Crippen LogP contribution in [0.15, 0.2) is 35.5 Å². The third kappa shape index (κ3) is 7.37. The van der Waals surface area contributed by atoms with E-state index in [1.807, 2.05) is 43.3 Å². The van der Waals surface area contributed by atoms with Crippen LogP contribution in [0.25, 0.3) is 0 Å². The van der Waals surface area contributed by atoms with Crippen LogP contribution in [0.5, 0.6) is 0 Å². The first-order valence-corrected chi connectivity index (χ1v) is 12.2. The molecule has 0 saturated carbocycles. The molecule has 1 saturated heterocycles. The number of piperidine rings is 1. The lowest BCUT2D eigenvalue weighted by Gasteiger charge is -2.33. The van der Waals surface area contributed by atoms with Crippen molar-refractivity contribution in [1.82, 2.24) is 20.2 Å². The molecule has 2 aromatic rings. The standard InChI is InChI=1S/C23H32ClN5OS/c1-17-7-4-5-13-29(17)14-6-12-25-22(30)19-10-8-18(9-11-19)16-31-23-26-20(24)15-21(27-23)28(2)3/h8-11,15,17H,4-7,12-14,16H2,1-3H3,(H,25,30). The van der Waals surface area contributed by atoms with Gasteiger partial charge in [-0.3, -0.25) is 4.79 Å². The van der Waals surface area contributed by atoms with E-state index in [4.69, 9.17) is 11.6 Å². The quantitative estimate of drug-likeness (QED) is 0.257. The summed E-state index contributed by atoms with van der Waals surface area (Å²) in [5.41, 5.74) is 1.80. The first kappa shape index (κ1) is 23.8. The van der Waals surface area contributed by atoms with E-state index in [1.54, 1.807) is 6.07 Å². The minimum absolute atomic E-state index is 0.0142. The molecule has 6 nitrogen and oxygen atoms in total. The molecule has 0 radical (unpaired) electrons. The molecule has 8 heteroatoms. The molecule has 1 amide bonds. The summed E-state index contributed by atoms with van der Waals surface area (Å²) in [6.45, 7) is 5.25. The lowest BCUT2D eigenvalue weighted by atomic mass is 10.0. The first-order valence-electron chi connectivity index (χ1n) is 10.9. The highest BCUT2D eigenvalue weighted by atomic mass is 35.5. The molecule has 168 valence electrons. The van der Waals surface area contributed by atoms with Crippen molar-refractivity contribution >= 4 is 35.1 Å². The number of likely N-dealkylation sites (tertiary alicyclic amines) is 1. The summed E-state index contributed by atoms with van der Waals surface area (Å²) in [7, 11) is 3.84. The molecule has 1 aromatic carbocycles. The number of anilines is 1. The molecule has 1 unspecified atom stereocenters. The SMILES string of the molecule is CC1CCCCN1CCCNC(=O)c1ccc(CSc2nc(Cl)cc(N(C)C)n2)cc1. The van der Waals surface area contributed by atoms with E-state index < -0.39 is 0 Å². The smallest absolute Gasteiger partial charge is 0.251 e. The van der Waals surface area contributed by atoms with Gasteiger partial charge in [0.15, 0.2) is 5.16 Å². The molecular formula is C23H32ClN5OS. The highest BCUT2D eigenvalue weighted by molar-refractivity contribution is 7.98. The molecule has 3 rings (SSSR count). The Morgan fingerprint density at radius 1 is 1.26 bits per heavy atom. The summed E-state index contributed by atoms with van der Waals surface area (Å²) >= 11 is 7.62. The molecule has 0 bridgehead atoms. The van der Waals surface area contributed by atoms with Crippen molar-refractivity contribution in [3.63, 3.8) is 0 Å². The van der Waals surface area contributed by atoms with Gasteiger partial charge in [-0.2, -0.15) is 0 Å². The molecule has 1 aliphatic heterocycles. The Kier molecular flexibility index (Phi) is 8.99. The minimum atomic E-state index is -0.0142. The van der Waals surface area contributed by atoms with Crippen LogP contribution in [0.1, 0.15) is 48.5 Å². The summed E-state index contributed by atoms with van der Waals surface area (Å²) in [5, 5.41) is 4.12. The fourth-order valence-corrected chi connectivity index (χ4v) is 4.69. The number of aromatic nitrogens is 2. The van der Waals surface area contributed by atoms with Crippen LogP contribution in [0, 0.1) is 0 Å². The zero-order chi connectivity index (χ0) is 22.2. The molecule has 31 heavy (non-hydrogen) atoms. The summed E-state index contributed by atoms with van der Waals surface area (Å²) in [6.07, 6.45) is 4.91. The summed E-state index contributed by atoms with van der Waals surface area (Å²) in [4.78, 5) is 25.6. The van der Waals surface area contributed by atoms with E-state index in [-0.39, 0.29) is 5.91 Å². The lowest BCUT2D eigenvalue weighted by Crippen LogP contribution is -2.39. The summed E-state index contributed by atoms with van der Waals surface area (Å²) in [6, 6.07) is 10.1. The highest BCUT2D eigenvalue weighted by Crippen LogP contribution is 2.24. The monoisotopic (exact) mass is 461 g/mol. The van der Waals surface area contributed by atoms with Crippen LogP contribution in [-0.2, 0) is 5.75 Å². The Hall–Kier alpha value is -1.83. The summed E-state index contributed by atoms with van der Waals surface area (Å²) < 4.78 is 0. The number of benzene rings is 1. The fourth-order valence-electron chi connectivity index (χ4n) is 3.66. The average molecular weight is 462 g/mol. The van der Waals surface area contributed by atoms with Gasteiger partial charge in [0.1, 0.15) is 11.0 Å². The van der Waals surface area contributed by atoms with Gasteiger partial charge in [0, 0.05) is 50.6 Å². The number of hydrogen-bond acceptors (Lipinski definition) is 6. The van der Waals surface area contributed by atoms with Crippen LogP contribution in [0.3, 0.4) is 0 Å². The van der Waals surface area contributed by atoms with E-state index in [1.165, 1.54) is 37.6 Å². The van der Waals surface area contributed by atoms with Gasteiger partial charge in [0.2, 0.25) is 0 Å². The van der Waals surface area contributed by atoms with Crippen molar-refractivity contribution in [1.29, 1.82) is 0 Å². The van der Waals surface area contributed by atoms with E-state index in [0.29, 0.717) is 34.2 Å². The third-order valence-electron chi connectivity index (χ3n) is 5.55. The number of amides is 1. The minimum Gasteiger partial charge on any atom is -0.363 e. The maximum Gasteiger partial charge on any atom is 0.251 e. The highest BCUT2D eigenvalue weighted by Gasteiger charge is 2.17. The first-order chi connectivity index (χ1) is 14.9. The molecule has 1 atom stereocenters. The van der Waals surface area contributed by atoms with Gasteiger partial charge in [0.05, 0.1) is 0 Å². The van der Waals surface area contributed by atoms with Crippen LogP contribution >= 0.6 is 23.4 Å². The zero-order valence-corrected chi connectivity index (χ0v) is 20.2. The molecule has 1 aromatic heterocycles. The molecule has 2 heterocycles. The van der Waals surface area contributed by atoms with E-state index in [9.17, 15) is 4.79 Å². The Balaban J connectivity index is 1.43. The fraction of sp³-hybridized carbons (Fsp3) is 0.522. The summed E-state index contributed by atoms with van der Waals surface area (Å²) in [5.74, 6) is 1.48. The van der Waals surface area contributed by atoms with E-state index in [0.717, 1.165) is 24.3 Å². The van der Waals surface area contributed by atoms with Crippen molar-refractivity contribution in [3.8, 4) is 0 Å². The second-order valence-corrected chi connectivity index (χ2v) is 9.53. The number of carbonyl (C=O) groups excluding carboxylic acids is 1. The van der Waals surface area contributed by atoms with Crippen molar-refractivity contribution in [2.75, 3.05) is 38.6 Å². The van der Waals surface area contributed by atoms with Crippen molar-refractivity contribution < 1.29 is 4.79 Å². The predicted octanol–water partition coefficient (Wildman–Crippen LogP) is 4.48. The van der Waals surface area contributed by atoms with E-state index in [2.05, 4.69) is 27.1 Å². The van der Waals surface area contributed by atoms with Crippen LogP contribution in [0.2, 0.25) is 5.15 Å². The van der Waals surface area contributed by atoms with Crippen molar-refractivity contribution in [2.45, 2.75) is 49.6 Å². The van der Waals surface area contributed by atoms with Crippen LogP contribution in [-0.4, -0.2) is 60.5 Å². The van der Waals surface area contributed by atoms with E-state index >= 15 is 0 Å². The zero-order valence-electron chi connectivity index (χ0n) is 18.6. The van der Waals surface area contributed by atoms with Gasteiger partial charge in [-0.05, 0) is 50.4 Å². The normalized spacial score (nSPS) is 16.8.